The van der Waals surface area contributed by atoms with Crippen LogP contribution in [0.2, 0.25) is 0 Å². The molecule has 0 heterocycles. The number of nitrogens with two attached hydrogens (primary N) is 1. The van der Waals surface area contributed by atoms with Gasteiger partial charge in [-0.2, -0.15) is 0 Å². The zero-order valence-electron chi connectivity index (χ0n) is 11.4. The van der Waals surface area contributed by atoms with Gasteiger partial charge in [-0.3, -0.25) is 0 Å². The highest BCUT2D eigenvalue weighted by atomic mass is 32.2. The molecule has 1 aromatic rings. The fourth-order valence-electron chi connectivity index (χ4n) is 1.44. The molecule has 5 nitrogen and oxygen atoms in total. The van der Waals surface area contributed by atoms with E-state index in [2.05, 4.69) is 4.72 Å². The number of anilines is 1. The van der Waals surface area contributed by atoms with E-state index in [4.69, 9.17) is 5.73 Å². The second-order valence-corrected chi connectivity index (χ2v) is 6.18. The van der Waals surface area contributed by atoms with E-state index < -0.39 is 15.8 Å². The first-order chi connectivity index (χ1) is 8.77. The van der Waals surface area contributed by atoms with Crippen LogP contribution in [0.15, 0.2) is 17.0 Å². The van der Waals surface area contributed by atoms with Crippen molar-refractivity contribution in [3.8, 4) is 0 Å². The van der Waals surface area contributed by atoms with Crippen molar-refractivity contribution in [1.29, 1.82) is 0 Å². The van der Waals surface area contributed by atoms with E-state index in [1.807, 2.05) is 18.9 Å². The number of likely N-dealkylation sites (N-methyl/N-ethyl adjacent to an activating group) is 1. The Morgan fingerprint density at radius 3 is 2.58 bits per heavy atom. The summed E-state index contributed by atoms with van der Waals surface area (Å²) in [6, 6.07) is 2.25. The summed E-state index contributed by atoms with van der Waals surface area (Å²) >= 11 is 0. The Morgan fingerprint density at radius 2 is 2.05 bits per heavy atom. The summed E-state index contributed by atoms with van der Waals surface area (Å²) in [6.45, 7) is 5.16. The molecule has 0 aliphatic rings. The Labute approximate surface area is 113 Å². The van der Waals surface area contributed by atoms with Gasteiger partial charge in [0.15, 0.2) is 0 Å². The molecule has 1 aromatic carbocycles. The first-order valence-electron chi connectivity index (χ1n) is 6.01. The van der Waals surface area contributed by atoms with Gasteiger partial charge in [0.1, 0.15) is 5.82 Å². The molecule has 0 saturated heterocycles. The van der Waals surface area contributed by atoms with Gasteiger partial charge < -0.3 is 10.6 Å². The summed E-state index contributed by atoms with van der Waals surface area (Å²) in [5, 5.41) is 0. The van der Waals surface area contributed by atoms with Gasteiger partial charge in [0.05, 0.1) is 4.90 Å². The number of nitrogens with zero attached hydrogens (tertiary/aromatic N) is 1. The Morgan fingerprint density at radius 1 is 1.42 bits per heavy atom. The van der Waals surface area contributed by atoms with Crippen molar-refractivity contribution in [1.82, 2.24) is 9.62 Å². The van der Waals surface area contributed by atoms with Crippen LogP contribution in [0.3, 0.4) is 0 Å². The van der Waals surface area contributed by atoms with Crippen molar-refractivity contribution < 1.29 is 12.8 Å². The molecular weight excluding hydrogens is 269 g/mol. The van der Waals surface area contributed by atoms with Crippen molar-refractivity contribution in [3.05, 3.63) is 23.5 Å². The van der Waals surface area contributed by atoms with Crippen LogP contribution < -0.4 is 10.5 Å². The minimum atomic E-state index is -3.72. The molecule has 1 rings (SSSR count). The summed E-state index contributed by atoms with van der Waals surface area (Å²) in [6.07, 6.45) is 0. The number of rotatable bonds is 6. The SMILES string of the molecule is CCN(C)CCNS(=O)(=O)c1cc(N)c(C)c(F)c1. The van der Waals surface area contributed by atoms with E-state index in [-0.39, 0.29) is 22.7 Å². The Balaban J connectivity index is 2.83. The first kappa shape index (κ1) is 15.9. The molecule has 0 aromatic heterocycles. The number of nitrogens with one attached hydrogen (secondary N) is 1. The number of sulfonamides is 1. The summed E-state index contributed by atoms with van der Waals surface area (Å²) < 4.78 is 39.8. The van der Waals surface area contributed by atoms with Crippen molar-refractivity contribution >= 4 is 15.7 Å². The lowest BCUT2D eigenvalue weighted by Gasteiger charge is -2.14. The molecule has 7 heteroatoms. The van der Waals surface area contributed by atoms with Crippen molar-refractivity contribution in [2.75, 3.05) is 32.4 Å². The summed E-state index contributed by atoms with van der Waals surface area (Å²) in [5.41, 5.74) is 5.96. The average Bonchev–Trinajstić information content (AvgIpc) is 2.34. The van der Waals surface area contributed by atoms with Crippen LogP contribution in [0.4, 0.5) is 10.1 Å². The molecule has 0 aliphatic carbocycles. The molecule has 0 amide bonds. The lowest BCUT2D eigenvalue weighted by atomic mass is 10.2. The fourth-order valence-corrected chi connectivity index (χ4v) is 2.51. The van der Waals surface area contributed by atoms with E-state index in [0.717, 1.165) is 12.6 Å². The minimum Gasteiger partial charge on any atom is -0.398 e. The fraction of sp³-hybridized carbons (Fsp3) is 0.500. The number of benzene rings is 1. The van der Waals surface area contributed by atoms with E-state index in [1.54, 1.807) is 0 Å². The number of nitrogen functional groups attached to an aromatic ring is 1. The van der Waals surface area contributed by atoms with E-state index in [1.165, 1.54) is 13.0 Å². The molecular formula is C12H20FN3O2S. The number of hydrogen-bond donors (Lipinski definition) is 2. The smallest absolute Gasteiger partial charge is 0.240 e. The molecule has 0 unspecified atom stereocenters. The zero-order chi connectivity index (χ0) is 14.6. The van der Waals surface area contributed by atoms with Crippen LogP contribution in [0, 0.1) is 12.7 Å². The first-order valence-corrected chi connectivity index (χ1v) is 7.50. The third-order valence-corrected chi connectivity index (χ3v) is 4.43. The van der Waals surface area contributed by atoms with Gasteiger partial charge in [0.25, 0.3) is 0 Å². The summed E-state index contributed by atoms with van der Waals surface area (Å²) in [4.78, 5) is 1.82. The second-order valence-electron chi connectivity index (χ2n) is 4.41. The van der Waals surface area contributed by atoms with Gasteiger partial charge in [-0.05, 0) is 32.6 Å². The Hall–Kier alpha value is -1.18. The lowest BCUT2D eigenvalue weighted by Crippen LogP contribution is -2.33. The van der Waals surface area contributed by atoms with E-state index >= 15 is 0 Å². The van der Waals surface area contributed by atoms with Gasteiger partial charge in [-0.15, -0.1) is 0 Å². The van der Waals surface area contributed by atoms with Crippen LogP contribution in [0.25, 0.3) is 0 Å². The highest BCUT2D eigenvalue weighted by Gasteiger charge is 2.17. The highest BCUT2D eigenvalue weighted by Crippen LogP contribution is 2.20. The average molecular weight is 289 g/mol. The molecule has 0 atom stereocenters. The van der Waals surface area contributed by atoms with Crippen molar-refractivity contribution in [2.45, 2.75) is 18.7 Å². The van der Waals surface area contributed by atoms with Crippen LogP contribution >= 0.6 is 0 Å². The maximum absolute atomic E-state index is 13.5. The third kappa shape index (κ3) is 4.15. The molecule has 0 fully saturated rings. The molecule has 0 spiro atoms. The van der Waals surface area contributed by atoms with Crippen molar-refractivity contribution in [3.63, 3.8) is 0 Å². The quantitative estimate of drug-likeness (QED) is 0.765. The monoisotopic (exact) mass is 289 g/mol. The van der Waals surface area contributed by atoms with Gasteiger partial charge in [0, 0.05) is 24.3 Å². The predicted molar refractivity (Wildman–Crippen MR) is 73.9 cm³/mol. The normalized spacial score (nSPS) is 12.1. The molecule has 0 radical (unpaired) electrons. The molecule has 0 saturated carbocycles. The Bertz CT molecular complexity index is 523. The van der Waals surface area contributed by atoms with E-state index in [0.29, 0.717) is 6.54 Å². The maximum atomic E-state index is 13.5. The molecule has 3 N–H and O–H groups in total. The predicted octanol–water partition coefficient (Wildman–Crippen LogP) is 0.946. The maximum Gasteiger partial charge on any atom is 0.240 e. The van der Waals surface area contributed by atoms with Gasteiger partial charge >= 0.3 is 0 Å². The topological polar surface area (TPSA) is 75.4 Å². The van der Waals surface area contributed by atoms with Crippen LogP contribution in [0.1, 0.15) is 12.5 Å². The molecule has 19 heavy (non-hydrogen) atoms. The summed E-state index contributed by atoms with van der Waals surface area (Å²) in [7, 11) is -1.84. The molecule has 108 valence electrons. The molecule has 0 bridgehead atoms. The number of hydrogen-bond acceptors (Lipinski definition) is 4. The third-order valence-electron chi connectivity index (χ3n) is 2.99. The zero-order valence-corrected chi connectivity index (χ0v) is 12.2. The summed E-state index contributed by atoms with van der Waals surface area (Å²) in [5.74, 6) is -0.619. The van der Waals surface area contributed by atoms with Crippen LogP contribution in [-0.4, -0.2) is 40.0 Å². The highest BCUT2D eigenvalue weighted by molar-refractivity contribution is 7.89. The van der Waals surface area contributed by atoms with Gasteiger partial charge in [-0.1, -0.05) is 6.92 Å². The van der Waals surface area contributed by atoms with Crippen LogP contribution in [-0.2, 0) is 10.0 Å². The standard InChI is InChI=1S/C12H20FN3O2S/c1-4-16(3)6-5-15-19(17,18)10-7-11(13)9(2)12(14)8-10/h7-8,15H,4-6,14H2,1-3H3. The van der Waals surface area contributed by atoms with Crippen molar-refractivity contribution in [2.24, 2.45) is 0 Å². The van der Waals surface area contributed by atoms with E-state index in [9.17, 15) is 12.8 Å². The van der Waals surface area contributed by atoms with Gasteiger partial charge in [-0.25, -0.2) is 17.5 Å². The second kappa shape index (κ2) is 6.31. The number of halogens is 1. The largest absolute Gasteiger partial charge is 0.398 e. The molecule has 0 aliphatic heterocycles. The van der Waals surface area contributed by atoms with Crippen LogP contribution in [0.5, 0.6) is 0 Å². The minimum absolute atomic E-state index is 0.131. The lowest BCUT2D eigenvalue weighted by molar-refractivity contribution is 0.358. The van der Waals surface area contributed by atoms with Gasteiger partial charge in [0.2, 0.25) is 10.0 Å². The Kier molecular flexibility index (Phi) is 5.28.